The van der Waals surface area contributed by atoms with Crippen molar-refractivity contribution in [3.05, 3.63) is 35.9 Å². The molecule has 0 radical (unpaired) electrons. The lowest BCUT2D eigenvalue weighted by Gasteiger charge is -2.38. The second-order valence-corrected chi connectivity index (χ2v) is 6.39. The summed E-state index contributed by atoms with van der Waals surface area (Å²) >= 11 is 0. The lowest BCUT2D eigenvalue weighted by Crippen LogP contribution is -2.51. The fraction of sp³-hybridized carbons (Fsp3) is 0.471. The number of carbonyl (C=O) groups excluding carboxylic acids is 3. The average molecular weight is 331 g/mol. The zero-order valence-electron chi connectivity index (χ0n) is 13.3. The van der Waals surface area contributed by atoms with Crippen LogP contribution in [0.15, 0.2) is 30.3 Å². The molecule has 7 nitrogen and oxygen atoms in total. The molecule has 0 bridgehead atoms. The molecule has 128 valence electrons. The van der Waals surface area contributed by atoms with Crippen LogP contribution in [0.1, 0.15) is 18.4 Å². The number of rotatable bonds is 6. The molecule has 2 aliphatic rings. The van der Waals surface area contributed by atoms with E-state index in [1.807, 2.05) is 30.3 Å². The molecular weight excluding hydrogens is 310 g/mol. The number of hydrogen-bond donors (Lipinski definition) is 3. The van der Waals surface area contributed by atoms with Gasteiger partial charge in [0.15, 0.2) is 0 Å². The highest BCUT2D eigenvalue weighted by atomic mass is 16.3. The molecule has 1 aliphatic carbocycles. The van der Waals surface area contributed by atoms with Gasteiger partial charge < -0.3 is 15.7 Å². The molecule has 1 saturated carbocycles. The third-order valence-electron chi connectivity index (χ3n) is 4.60. The highest BCUT2D eigenvalue weighted by Gasteiger charge is 2.36. The van der Waals surface area contributed by atoms with E-state index >= 15 is 0 Å². The van der Waals surface area contributed by atoms with Crippen LogP contribution in [0.5, 0.6) is 0 Å². The van der Waals surface area contributed by atoms with Crippen LogP contribution >= 0.6 is 0 Å². The van der Waals surface area contributed by atoms with E-state index in [2.05, 4.69) is 10.6 Å². The minimum atomic E-state index is -0.533. The number of nitrogens with zero attached hydrogens (tertiary/aromatic N) is 1. The van der Waals surface area contributed by atoms with Gasteiger partial charge in [-0.1, -0.05) is 30.3 Å². The molecule has 1 atom stereocenters. The van der Waals surface area contributed by atoms with E-state index < -0.39 is 11.9 Å². The number of carbonyl (C=O) groups is 3. The zero-order chi connectivity index (χ0) is 17.1. The maximum atomic E-state index is 12.3. The minimum absolute atomic E-state index is 0.0611. The molecule has 1 unspecified atom stereocenters. The first-order valence-corrected chi connectivity index (χ1v) is 8.12. The van der Waals surface area contributed by atoms with Gasteiger partial charge in [0, 0.05) is 6.04 Å². The van der Waals surface area contributed by atoms with Crippen LogP contribution < -0.4 is 10.6 Å². The standard InChI is InChI=1S/C17H21N3O4/c21-13-7-12(8-13)14(6-11-4-2-1-3-5-11)19-15(22)10-20-16(23)9-18-17(20)24/h1-5,12-14,21H,6-10H2,(H,18,24)(H,19,22). The van der Waals surface area contributed by atoms with E-state index in [-0.39, 0.29) is 37.1 Å². The van der Waals surface area contributed by atoms with Crippen LogP contribution in [0, 0.1) is 5.92 Å². The van der Waals surface area contributed by atoms with Crippen molar-refractivity contribution in [3.63, 3.8) is 0 Å². The van der Waals surface area contributed by atoms with Gasteiger partial charge in [-0.05, 0) is 30.7 Å². The van der Waals surface area contributed by atoms with E-state index in [9.17, 15) is 19.5 Å². The Morgan fingerprint density at radius 2 is 2.00 bits per heavy atom. The Morgan fingerprint density at radius 1 is 1.29 bits per heavy atom. The Kier molecular flexibility index (Phi) is 4.80. The van der Waals surface area contributed by atoms with Crippen molar-refractivity contribution in [1.29, 1.82) is 0 Å². The van der Waals surface area contributed by atoms with Crippen molar-refractivity contribution >= 4 is 17.8 Å². The Balaban J connectivity index is 1.61. The largest absolute Gasteiger partial charge is 0.393 e. The van der Waals surface area contributed by atoms with Crippen LogP contribution in [-0.4, -0.2) is 53.1 Å². The first-order chi connectivity index (χ1) is 11.5. The number of urea groups is 1. The number of aliphatic hydroxyl groups is 1. The molecule has 1 aromatic carbocycles. The second kappa shape index (κ2) is 7.00. The first-order valence-electron chi connectivity index (χ1n) is 8.12. The molecule has 0 aromatic heterocycles. The van der Waals surface area contributed by atoms with Gasteiger partial charge in [-0.3, -0.25) is 14.5 Å². The van der Waals surface area contributed by atoms with Gasteiger partial charge in [0.05, 0.1) is 12.6 Å². The summed E-state index contributed by atoms with van der Waals surface area (Å²) in [5.74, 6) is -0.552. The zero-order valence-corrected chi connectivity index (χ0v) is 13.3. The molecule has 3 rings (SSSR count). The summed E-state index contributed by atoms with van der Waals surface area (Å²) in [5.41, 5.74) is 1.10. The van der Waals surface area contributed by atoms with Gasteiger partial charge in [-0.2, -0.15) is 0 Å². The molecule has 7 heteroatoms. The smallest absolute Gasteiger partial charge is 0.325 e. The lowest BCUT2D eigenvalue weighted by atomic mass is 9.75. The summed E-state index contributed by atoms with van der Waals surface area (Å²) in [6.45, 7) is -0.334. The molecule has 1 heterocycles. The normalized spacial score (nSPS) is 24.3. The Hall–Kier alpha value is -2.41. The quantitative estimate of drug-likeness (QED) is 0.641. The van der Waals surface area contributed by atoms with E-state index in [1.54, 1.807) is 0 Å². The van der Waals surface area contributed by atoms with Crippen molar-refractivity contribution in [1.82, 2.24) is 15.5 Å². The van der Waals surface area contributed by atoms with Gasteiger partial charge >= 0.3 is 6.03 Å². The third kappa shape index (κ3) is 3.73. The average Bonchev–Trinajstić information content (AvgIpc) is 2.84. The van der Waals surface area contributed by atoms with Crippen molar-refractivity contribution in [2.24, 2.45) is 5.92 Å². The molecule has 1 aromatic rings. The van der Waals surface area contributed by atoms with Crippen molar-refractivity contribution in [2.45, 2.75) is 31.4 Å². The highest BCUT2D eigenvalue weighted by Crippen LogP contribution is 2.31. The number of imide groups is 1. The van der Waals surface area contributed by atoms with Gasteiger partial charge in [0.2, 0.25) is 5.91 Å². The SMILES string of the molecule is O=C(CN1C(=O)CNC1=O)NC(Cc1ccccc1)C1CC(O)C1. The molecular formula is C17H21N3O4. The Labute approximate surface area is 140 Å². The van der Waals surface area contributed by atoms with Crippen LogP contribution in [0.25, 0.3) is 0 Å². The summed E-state index contributed by atoms with van der Waals surface area (Å²) in [7, 11) is 0. The van der Waals surface area contributed by atoms with Crippen molar-refractivity contribution in [2.75, 3.05) is 13.1 Å². The molecule has 1 saturated heterocycles. The second-order valence-electron chi connectivity index (χ2n) is 6.39. The van der Waals surface area contributed by atoms with Crippen LogP contribution in [0.2, 0.25) is 0 Å². The van der Waals surface area contributed by atoms with E-state index in [1.165, 1.54) is 0 Å². The van der Waals surface area contributed by atoms with Gasteiger partial charge in [-0.25, -0.2) is 4.79 Å². The predicted molar refractivity (Wildman–Crippen MR) is 85.9 cm³/mol. The summed E-state index contributed by atoms with van der Waals surface area (Å²) in [6.07, 6.45) is 1.66. The summed E-state index contributed by atoms with van der Waals surface area (Å²) in [6, 6.07) is 9.14. The van der Waals surface area contributed by atoms with Gasteiger partial charge in [0.25, 0.3) is 5.91 Å². The summed E-state index contributed by atoms with van der Waals surface area (Å²) in [4.78, 5) is 36.3. The molecule has 0 spiro atoms. The monoisotopic (exact) mass is 331 g/mol. The first kappa shape index (κ1) is 16.4. The molecule has 4 amide bonds. The van der Waals surface area contributed by atoms with Crippen LogP contribution in [-0.2, 0) is 16.0 Å². The lowest BCUT2D eigenvalue weighted by molar-refractivity contribution is -0.131. The fourth-order valence-electron chi connectivity index (χ4n) is 3.17. The van der Waals surface area contributed by atoms with Gasteiger partial charge in [0.1, 0.15) is 6.54 Å². The predicted octanol–water partition coefficient (Wildman–Crippen LogP) is 0.0366. The van der Waals surface area contributed by atoms with Gasteiger partial charge in [-0.15, -0.1) is 0 Å². The number of amides is 4. The van der Waals surface area contributed by atoms with Crippen molar-refractivity contribution < 1.29 is 19.5 Å². The topological polar surface area (TPSA) is 98.7 Å². The maximum Gasteiger partial charge on any atom is 0.325 e. The van der Waals surface area contributed by atoms with E-state index in [4.69, 9.17) is 0 Å². The molecule has 2 fully saturated rings. The van der Waals surface area contributed by atoms with Crippen molar-refractivity contribution in [3.8, 4) is 0 Å². The molecule has 3 N–H and O–H groups in total. The fourth-order valence-corrected chi connectivity index (χ4v) is 3.17. The molecule has 1 aliphatic heterocycles. The van der Waals surface area contributed by atoms with E-state index in [0.29, 0.717) is 19.3 Å². The van der Waals surface area contributed by atoms with Crippen LogP contribution in [0.4, 0.5) is 4.79 Å². The Morgan fingerprint density at radius 3 is 2.58 bits per heavy atom. The minimum Gasteiger partial charge on any atom is -0.393 e. The Bertz CT molecular complexity index is 612. The number of benzene rings is 1. The number of hydrogen-bond acceptors (Lipinski definition) is 4. The highest BCUT2D eigenvalue weighted by molar-refractivity contribution is 6.04. The number of aliphatic hydroxyl groups excluding tert-OH is 1. The van der Waals surface area contributed by atoms with E-state index in [0.717, 1.165) is 10.5 Å². The molecule has 24 heavy (non-hydrogen) atoms. The number of nitrogens with one attached hydrogen (secondary N) is 2. The maximum absolute atomic E-state index is 12.3. The summed E-state index contributed by atoms with van der Waals surface area (Å²) in [5, 5.41) is 14.9. The van der Waals surface area contributed by atoms with Crippen LogP contribution in [0.3, 0.4) is 0 Å². The summed E-state index contributed by atoms with van der Waals surface area (Å²) < 4.78 is 0. The third-order valence-corrected chi connectivity index (χ3v) is 4.60.